The van der Waals surface area contributed by atoms with Gasteiger partial charge in [-0.25, -0.2) is 8.78 Å². The summed E-state index contributed by atoms with van der Waals surface area (Å²) in [7, 11) is 0. The predicted molar refractivity (Wildman–Crippen MR) is 81.8 cm³/mol. The number of aromatic hydroxyl groups is 1. The van der Waals surface area contributed by atoms with Crippen molar-refractivity contribution in [2.45, 2.75) is 6.43 Å². The van der Waals surface area contributed by atoms with Gasteiger partial charge in [0.1, 0.15) is 5.75 Å². The smallest absolute Gasteiger partial charge is 0.258 e. The summed E-state index contributed by atoms with van der Waals surface area (Å²) in [5.74, 6) is -0.457. The molecule has 0 atom stereocenters. The monoisotopic (exact) mass is 321 g/mol. The maximum absolute atomic E-state index is 12.7. The van der Waals surface area contributed by atoms with Crippen LogP contribution in [0.3, 0.4) is 0 Å². The lowest BCUT2D eigenvalue weighted by Gasteiger charge is -2.34. The molecule has 0 bridgehead atoms. The second-order valence-corrected chi connectivity index (χ2v) is 5.52. The molecule has 0 radical (unpaired) electrons. The molecule has 0 aliphatic carbocycles. The molecule has 2 heterocycles. The Labute approximate surface area is 132 Å². The average Bonchev–Trinajstić information content (AvgIpc) is 2.54. The lowest BCUT2D eigenvalue weighted by Crippen LogP contribution is -2.49. The molecule has 23 heavy (non-hydrogen) atoms. The number of benzene rings is 1. The van der Waals surface area contributed by atoms with Crippen molar-refractivity contribution in [1.29, 1.82) is 0 Å². The minimum absolute atomic E-state index is 0.163. The molecule has 1 saturated heterocycles. The van der Waals surface area contributed by atoms with Gasteiger partial charge in [-0.3, -0.25) is 14.7 Å². The third kappa shape index (κ3) is 3.24. The fourth-order valence-electron chi connectivity index (χ4n) is 2.84. The van der Waals surface area contributed by atoms with Crippen LogP contribution in [0.4, 0.5) is 8.78 Å². The van der Waals surface area contributed by atoms with Crippen LogP contribution in [-0.2, 0) is 0 Å². The second-order valence-electron chi connectivity index (χ2n) is 5.52. The van der Waals surface area contributed by atoms with E-state index < -0.39 is 6.43 Å². The van der Waals surface area contributed by atoms with Crippen LogP contribution in [0.2, 0.25) is 0 Å². The fourth-order valence-corrected chi connectivity index (χ4v) is 2.84. The number of para-hydroxylation sites is 1. The first kappa shape index (κ1) is 15.6. The van der Waals surface area contributed by atoms with Gasteiger partial charge in [-0.2, -0.15) is 0 Å². The number of fused-ring (bicyclic) bond motifs is 1. The van der Waals surface area contributed by atoms with Crippen molar-refractivity contribution in [3.63, 3.8) is 0 Å². The van der Waals surface area contributed by atoms with Crippen LogP contribution >= 0.6 is 0 Å². The van der Waals surface area contributed by atoms with E-state index in [9.17, 15) is 18.7 Å². The first-order chi connectivity index (χ1) is 11.1. The van der Waals surface area contributed by atoms with E-state index in [2.05, 4.69) is 4.98 Å². The molecule has 1 aromatic heterocycles. The van der Waals surface area contributed by atoms with Crippen molar-refractivity contribution >= 4 is 16.8 Å². The minimum atomic E-state index is -2.37. The van der Waals surface area contributed by atoms with E-state index in [0.29, 0.717) is 37.1 Å². The summed E-state index contributed by atoms with van der Waals surface area (Å²) in [6.45, 7) is 1.26. The zero-order valence-electron chi connectivity index (χ0n) is 12.5. The average molecular weight is 321 g/mol. The molecule has 1 aliphatic heterocycles. The SMILES string of the molecule is O=C(c1c(O)cnc2ccccc12)N1CCN(CC(F)F)CC1. The largest absolute Gasteiger partial charge is 0.505 e. The number of halogens is 2. The quantitative estimate of drug-likeness (QED) is 0.939. The van der Waals surface area contributed by atoms with E-state index in [1.807, 2.05) is 6.07 Å². The minimum Gasteiger partial charge on any atom is -0.505 e. The van der Waals surface area contributed by atoms with Gasteiger partial charge in [0.05, 0.1) is 23.8 Å². The molecular formula is C16H17F2N3O2. The van der Waals surface area contributed by atoms with Gasteiger partial charge in [0.2, 0.25) is 0 Å². The summed E-state index contributed by atoms with van der Waals surface area (Å²) in [6.07, 6.45) is -1.10. The summed E-state index contributed by atoms with van der Waals surface area (Å²) in [5.41, 5.74) is 0.850. The van der Waals surface area contributed by atoms with Crippen LogP contribution in [0.1, 0.15) is 10.4 Å². The molecule has 0 spiro atoms. The maximum Gasteiger partial charge on any atom is 0.258 e. The molecule has 1 fully saturated rings. The van der Waals surface area contributed by atoms with Crippen LogP contribution in [0.5, 0.6) is 5.75 Å². The summed E-state index contributed by atoms with van der Waals surface area (Å²) >= 11 is 0. The highest BCUT2D eigenvalue weighted by molar-refractivity contribution is 6.08. The van der Waals surface area contributed by atoms with Crippen molar-refractivity contribution in [2.24, 2.45) is 0 Å². The topological polar surface area (TPSA) is 56.7 Å². The van der Waals surface area contributed by atoms with E-state index in [-0.39, 0.29) is 23.8 Å². The Morgan fingerprint density at radius 1 is 1.22 bits per heavy atom. The number of aromatic nitrogens is 1. The highest BCUT2D eigenvalue weighted by Crippen LogP contribution is 2.26. The number of pyridine rings is 1. The van der Waals surface area contributed by atoms with Crippen LogP contribution in [-0.4, -0.2) is 64.9 Å². The summed E-state index contributed by atoms with van der Waals surface area (Å²) in [5, 5.41) is 10.7. The van der Waals surface area contributed by atoms with E-state index in [1.165, 1.54) is 6.20 Å². The number of hydrogen-bond donors (Lipinski definition) is 1. The third-order valence-electron chi connectivity index (χ3n) is 4.03. The number of nitrogens with zero attached hydrogens (tertiary/aromatic N) is 3. The molecule has 1 aromatic carbocycles. The van der Waals surface area contributed by atoms with Gasteiger partial charge in [0, 0.05) is 31.6 Å². The van der Waals surface area contributed by atoms with Crippen molar-refractivity contribution < 1.29 is 18.7 Å². The molecule has 1 amide bonds. The number of piperazine rings is 1. The van der Waals surface area contributed by atoms with Gasteiger partial charge in [-0.15, -0.1) is 0 Å². The Hall–Kier alpha value is -2.28. The second kappa shape index (κ2) is 6.45. The van der Waals surface area contributed by atoms with Crippen molar-refractivity contribution in [2.75, 3.05) is 32.7 Å². The molecule has 7 heteroatoms. The Balaban J connectivity index is 1.81. The summed E-state index contributed by atoms with van der Waals surface area (Å²) in [6, 6.07) is 7.10. The highest BCUT2D eigenvalue weighted by Gasteiger charge is 2.26. The fraction of sp³-hybridized carbons (Fsp3) is 0.375. The molecule has 5 nitrogen and oxygen atoms in total. The molecule has 0 unspecified atom stereocenters. The third-order valence-corrected chi connectivity index (χ3v) is 4.03. The normalized spacial score (nSPS) is 16.2. The number of carbonyl (C=O) groups excluding carboxylic acids is 1. The van der Waals surface area contributed by atoms with E-state index in [0.717, 1.165) is 0 Å². The van der Waals surface area contributed by atoms with Gasteiger partial charge < -0.3 is 10.0 Å². The molecule has 2 aromatic rings. The van der Waals surface area contributed by atoms with Gasteiger partial charge in [-0.1, -0.05) is 18.2 Å². The van der Waals surface area contributed by atoms with Crippen molar-refractivity contribution in [3.8, 4) is 5.75 Å². The number of alkyl halides is 2. The molecular weight excluding hydrogens is 304 g/mol. The molecule has 0 saturated carbocycles. The first-order valence-electron chi connectivity index (χ1n) is 7.42. The van der Waals surface area contributed by atoms with Crippen LogP contribution in [0.25, 0.3) is 10.9 Å². The Kier molecular flexibility index (Phi) is 4.38. The number of rotatable bonds is 3. The Bertz CT molecular complexity index is 716. The number of hydrogen-bond acceptors (Lipinski definition) is 4. The predicted octanol–water partition coefficient (Wildman–Crippen LogP) is 1.96. The van der Waals surface area contributed by atoms with Gasteiger partial charge in [-0.05, 0) is 6.07 Å². The van der Waals surface area contributed by atoms with E-state index >= 15 is 0 Å². The van der Waals surface area contributed by atoms with Gasteiger partial charge in [0.15, 0.2) is 0 Å². The van der Waals surface area contributed by atoms with Crippen LogP contribution < -0.4 is 0 Å². The standard InChI is InChI=1S/C16H17F2N3O2/c17-14(18)10-20-5-7-21(8-6-20)16(23)15-11-3-1-2-4-12(11)19-9-13(15)22/h1-4,9,14,22H,5-8,10H2. The highest BCUT2D eigenvalue weighted by atomic mass is 19.3. The zero-order valence-corrected chi connectivity index (χ0v) is 12.5. The van der Waals surface area contributed by atoms with Crippen molar-refractivity contribution in [1.82, 2.24) is 14.8 Å². The van der Waals surface area contributed by atoms with Crippen LogP contribution in [0, 0.1) is 0 Å². The van der Waals surface area contributed by atoms with Crippen molar-refractivity contribution in [3.05, 3.63) is 36.0 Å². The first-order valence-corrected chi connectivity index (χ1v) is 7.42. The summed E-state index contributed by atoms with van der Waals surface area (Å²) in [4.78, 5) is 20.1. The Morgan fingerprint density at radius 3 is 2.61 bits per heavy atom. The zero-order chi connectivity index (χ0) is 16.4. The van der Waals surface area contributed by atoms with Crippen LogP contribution in [0.15, 0.2) is 30.5 Å². The lowest BCUT2D eigenvalue weighted by molar-refractivity contribution is 0.0458. The molecule has 1 N–H and O–H groups in total. The molecule has 1 aliphatic rings. The van der Waals surface area contributed by atoms with Gasteiger partial charge in [0.25, 0.3) is 12.3 Å². The molecule has 3 rings (SSSR count). The lowest BCUT2D eigenvalue weighted by atomic mass is 10.1. The maximum atomic E-state index is 12.7. The van der Waals surface area contributed by atoms with Gasteiger partial charge >= 0.3 is 0 Å². The number of amides is 1. The van der Waals surface area contributed by atoms with E-state index in [1.54, 1.807) is 28.0 Å². The Morgan fingerprint density at radius 2 is 1.91 bits per heavy atom. The summed E-state index contributed by atoms with van der Waals surface area (Å²) < 4.78 is 24.8. The molecule has 122 valence electrons. The number of carbonyl (C=O) groups is 1. The van der Waals surface area contributed by atoms with E-state index in [4.69, 9.17) is 0 Å².